The average molecular weight is 598 g/mol. The van der Waals surface area contributed by atoms with Gasteiger partial charge in [-0.2, -0.15) is 0 Å². The van der Waals surface area contributed by atoms with Gasteiger partial charge in [-0.1, -0.05) is 69.7 Å². The predicted molar refractivity (Wildman–Crippen MR) is 165 cm³/mol. The summed E-state index contributed by atoms with van der Waals surface area (Å²) in [7, 11) is 0. The minimum atomic E-state index is -1.06. The number of carboxylic acid groups (broad SMARTS) is 3. The molecule has 0 spiro atoms. The summed E-state index contributed by atoms with van der Waals surface area (Å²) >= 11 is 0. The first kappa shape index (κ1) is 35.4. The van der Waals surface area contributed by atoms with Crippen molar-refractivity contribution in [3.8, 4) is 0 Å². The first-order valence-electron chi connectivity index (χ1n) is 15.1. The van der Waals surface area contributed by atoms with Gasteiger partial charge in [0.2, 0.25) is 0 Å². The fraction of sp³-hybridized carbons (Fsp3) is 0.515. The Morgan fingerprint density at radius 1 is 0.860 bits per heavy atom. The predicted octanol–water partition coefficient (Wildman–Crippen LogP) is 4.34. The van der Waals surface area contributed by atoms with Gasteiger partial charge in [0, 0.05) is 18.7 Å². The van der Waals surface area contributed by atoms with Crippen LogP contribution in [-0.2, 0) is 33.8 Å². The molecule has 0 radical (unpaired) electrons. The van der Waals surface area contributed by atoms with Crippen molar-refractivity contribution in [1.29, 1.82) is 0 Å². The van der Waals surface area contributed by atoms with E-state index in [2.05, 4.69) is 24.4 Å². The van der Waals surface area contributed by atoms with Gasteiger partial charge in [0.25, 0.3) is 5.91 Å². The van der Waals surface area contributed by atoms with E-state index in [1.54, 1.807) is 4.90 Å². The zero-order valence-electron chi connectivity index (χ0n) is 25.5. The van der Waals surface area contributed by atoms with Gasteiger partial charge >= 0.3 is 17.9 Å². The number of rotatable bonds is 17. The number of amides is 1. The molecule has 1 unspecified atom stereocenters. The lowest BCUT2D eigenvalue weighted by Crippen LogP contribution is -2.47. The van der Waals surface area contributed by atoms with Crippen LogP contribution in [0.3, 0.4) is 0 Å². The highest BCUT2D eigenvalue weighted by Gasteiger charge is 2.28. The number of carbonyl (C=O) groups is 4. The van der Waals surface area contributed by atoms with Crippen LogP contribution in [0.25, 0.3) is 0 Å². The minimum absolute atomic E-state index is 0.0113. The molecule has 1 aliphatic heterocycles. The molecule has 43 heavy (non-hydrogen) atoms. The van der Waals surface area contributed by atoms with E-state index in [-0.39, 0.29) is 5.91 Å². The third kappa shape index (κ3) is 12.2. The summed E-state index contributed by atoms with van der Waals surface area (Å²) in [5.41, 5.74) is 9.26. The number of nitrogens with zero attached hydrogens (tertiary/aromatic N) is 1. The van der Waals surface area contributed by atoms with Crippen LogP contribution in [0.1, 0.15) is 86.3 Å². The summed E-state index contributed by atoms with van der Waals surface area (Å²) in [5.74, 6) is -2.65. The van der Waals surface area contributed by atoms with E-state index >= 15 is 0 Å². The lowest BCUT2D eigenvalue weighted by Gasteiger charge is -2.21. The molecule has 1 heterocycles. The SMILES string of the molecule is CC(C)CC(N)C(=O)O.CCCc1ccc(CC[C@H](N[C@H](CCCCN2Cc3ccccc3C2=O)C(=O)O)C(=O)O)cc1. The Morgan fingerprint density at radius 2 is 1.44 bits per heavy atom. The minimum Gasteiger partial charge on any atom is -0.480 e. The highest BCUT2D eigenvalue weighted by atomic mass is 16.4. The van der Waals surface area contributed by atoms with Crippen molar-refractivity contribution in [2.24, 2.45) is 11.7 Å². The molecule has 10 nitrogen and oxygen atoms in total. The Hall–Kier alpha value is -3.76. The summed E-state index contributed by atoms with van der Waals surface area (Å²) in [5, 5.41) is 30.4. The fourth-order valence-electron chi connectivity index (χ4n) is 5.03. The van der Waals surface area contributed by atoms with Crippen LogP contribution in [0.15, 0.2) is 48.5 Å². The Labute approximate surface area is 254 Å². The second-order valence-electron chi connectivity index (χ2n) is 11.5. The molecular weight excluding hydrogens is 550 g/mol. The van der Waals surface area contributed by atoms with Crippen LogP contribution in [0, 0.1) is 5.92 Å². The van der Waals surface area contributed by atoms with Gasteiger partial charge < -0.3 is 26.0 Å². The van der Waals surface area contributed by atoms with Gasteiger partial charge in [-0.3, -0.25) is 24.5 Å². The third-order valence-electron chi connectivity index (χ3n) is 7.39. The summed E-state index contributed by atoms with van der Waals surface area (Å²) in [6.45, 7) is 7.15. The van der Waals surface area contributed by atoms with Gasteiger partial charge in [-0.05, 0) is 73.6 Å². The summed E-state index contributed by atoms with van der Waals surface area (Å²) in [6.07, 6.45) is 5.05. The molecule has 0 saturated carbocycles. The second kappa shape index (κ2) is 18.0. The highest BCUT2D eigenvalue weighted by Crippen LogP contribution is 2.22. The highest BCUT2D eigenvalue weighted by molar-refractivity contribution is 5.98. The molecule has 1 amide bonds. The molecular formula is C33H47N3O7. The van der Waals surface area contributed by atoms with Gasteiger partial charge in [0.1, 0.15) is 18.1 Å². The number of unbranched alkanes of at least 4 members (excludes halogenated alkanes) is 1. The maximum Gasteiger partial charge on any atom is 0.320 e. The smallest absolute Gasteiger partial charge is 0.320 e. The third-order valence-corrected chi connectivity index (χ3v) is 7.39. The molecule has 236 valence electrons. The molecule has 0 bridgehead atoms. The number of carbonyl (C=O) groups excluding carboxylic acids is 1. The van der Waals surface area contributed by atoms with Crippen LogP contribution in [0.4, 0.5) is 0 Å². The molecule has 0 saturated heterocycles. The van der Waals surface area contributed by atoms with Crippen LogP contribution in [0.2, 0.25) is 0 Å². The molecule has 0 aromatic heterocycles. The van der Waals surface area contributed by atoms with E-state index in [0.717, 1.165) is 29.5 Å². The number of hydrogen-bond donors (Lipinski definition) is 5. The normalized spacial score (nSPS) is 14.4. The van der Waals surface area contributed by atoms with E-state index in [1.165, 1.54) is 5.56 Å². The summed E-state index contributed by atoms with van der Waals surface area (Å²) < 4.78 is 0. The Kier molecular flexibility index (Phi) is 14.9. The van der Waals surface area contributed by atoms with Crippen molar-refractivity contribution < 1.29 is 34.5 Å². The number of nitrogens with one attached hydrogen (secondary N) is 1. The number of aliphatic carboxylic acids is 3. The zero-order chi connectivity index (χ0) is 31.9. The standard InChI is InChI=1S/C27H34N2O5.C6H13NO2/c1-2-7-19-11-13-20(14-12-19)15-16-24(27(33)34)28-23(26(31)32)10-5-6-17-29-18-21-8-3-4-9-22(21)25(29)30;1-4(2)3-5(7)6(8)9/h3-4,8-9,11-14,23-24,28H,2,5-7,10,15-18H2,1H3,(H,31,32)(H,33,34);4-5H,3,7H2,1-2H3,(H,8,9)/t23-,24+;/m1./s1. The summed E-state index contributed by atoms with van der Waals surface area (Å²) in [6, 6.07) is 13.1. The zero-order valence-corrected chi connectivity index (χ0v) is 25.5. The van der Waals surface area contributed by atoms with Crippen LogP contribution < -0.4 is 11.1 Å². The number of hydrogen-bond acceptors (Lipinski definition) is 6. The van der Waals surface area contributed by atoms with E-state index < -0.39 is 36.0 Å². The van der Waals surface area contributed by atoms with Crippen molar-refractivity contribution in [2.45, 2.75) is 96.8 Å². The van der Waals surface area contributed by atoms with Crippen molar-refractivity contribution in [2.75, 3.05) is 6.54 Å². The Bertz CT molecular complexity index is 1200. The van der Waals surface area contributed by atoms with Crippen molar-refractivity contribution >= 4 is 23.8 Å². The first-order valence-corrected chi connectivity index (χ1v) is 15.1. The quantitative estimate of drug-likeness (QED) is 0.166. The monoisotopic (exact) mass is 597 g/mol. The number of fused-ring (bicyclic) bond motifs is 1. The van der Waals surface area contributed by atoms with Gasteiger partial charge in [-0.15, -0.1) is 0 Å². The molecule has 0 aliphatic carbocycles. The van der Waals surface area contributed by atoms with Gasteiger partial charge in [0.15, 0.2) is 0 Å². The Morgan fingerprint density at radius 3 is 1.95 bits per heavy atom. The number of benzene rings is 2. The van der Waals surface area contributed by atoms with Crippen molar-refractivity contribution in [3.05, 3.63) is 70.8 Å². The van der Waals surface area contributed by atoms with E-state index in [9.17, 15) is 29.4 Å². The molecule has 0 fully saturated rings. The maximum atomic E-state index is 12.4. The largest absolute Gasteiger partial charge is 0.480 e. The van der Waals surface area contributed by atoms with E-state index in [4.69, 9.17) is 10.8 Å². The van der Waals surface area contributed by atoms with Crippen molar-refractivity contribution in [1.82, 2.24) is 10.2 Å². The number of carboxylic acids is 3. The molecule has 1 aliphatic rings. The molecule has 2 aromatic carbocycles. The van der Waals surface area contributed by atoms with Gasteiger partial charge in [0.05, 0.1) is 0 Å². The summed E-state index contributed by atoms with van der Waals surface area (Å²) in [4.78, 5) is 47.9. The molecule has 2 aromatic rings. The Balaban J connectivity index is 0.000000621. The lowest BCUT2D eigenvalue weighted by molar-refractivity contribution is -0.143. The molecule has 3 atom stereocenters. The topological polar surface area (TPSA) is 170 Å². The second-order valence-corrected chi connectivity index (χ2v) is 11.5. The molecule has 10 heteroatoms. The number of nitrogens with two attached hydrogens (primary N) is 1. The first-order chi connectivity index (χ1) is 20.4. The molecule has 3 rings (SSSR count). The number of aryl methyl sites for hydroxylation is 2. The fourth-order valence-corrected chi connectivity index (χ4v) is 5.03. The van der Waals surface area contributed by atoms with Crippen LogP contribution in [-0.4, -0.2) is 68.7 Å². The average Bonchev–Trinajstić information content (AvgIpc) is 3.27. The van der Waals surface area contributed by atoms with Crippen LogP contribution >= 0.6 is 0 Å². The van der Waals surface area contributed by atoms with Crippen LogP contribution in [0.5, 0.6) is 0 Å². The van der Waals surface area contributed by atoms with Gasteiger partial charge in [-0.25, -0.2) is 0 Å². The molecule has 6 N–H and O–H groups in total. The van der Waals surface area contributed by atoms with Crippen molar-refractivity contribution in [3.63, 3.8) is 0 Å². The van der Waals surface area contributed by atoms with E-state index in [0.29, 0.717) is 57.5 Å². The van der Waals surface area contributed by atoms with E-state index in [1.807, 2.05) is 50.2 Å². The lowest BCUT2D eigenvalue weighted by atomic mass is 10.0. The maximum absolute atomic E-state index is 12.4.